The number of carbonyl (C=O) groups excluding carboxylic acids is 1. The Balaban J connectivity index is 1.88. The van der Waals surface area contributed by atoms with E-state index in [4.69, 9.17) is 9.47 Å². The van der Waals surface area contributed by atoms with E-state index in [0.717, 1.165) is 19.3 Å². The van der Waals surface area contributed by atoms with Crippen molar-refractivity contribution in [2.75, 3.05) is 11.3 Å². The number of hydrogen-bond donors (Lipinski definition) is 1. The van der Waals surface area contributed by atoms with E-state index in [1.165, 1.54) is 6.07 Å². The van der Waals surface area contributed by atoms with Crippen LogP contribution < -0.4 is 9.46 Å². The summed E-state index contributed by atoms with van der Waals surface area (Å²) in [5.74, 6) is 0.906. The summed E-state index contributed by atoms with van der Waals surface area (Å²) in [4.78, 5) is 13.2. The Labute approximate surface area is 205 Å². The maximum absolute atomic E-state index is 13.2. The first-order valence-electron chi connectivity index (χ1n) is 11.4. The summed E-state index contributed by atoms with van der Waals surface area (Å²) in [6.07, 6.45) is 2.79. The Hall–Kier alpha value is -2.06. The van der Waals surface area contributed by atoms with Gasteiger partial charge in [0.1, 0.15) is 16.7 Å². The molecular weight excluding hydrogens is 506 g/mol. The summed E-state index contributed by atoms with van der Waals surface area (Å²) in [5.41, 5.74) is 0.365. The van der Waals surface area contributed by atoms with E-state index < -0.39 is 16.0 Å². The average molecular weight is 539 g/mol. The summed E-state index contributed by atoms with van der Waals surface area (Å²) in [5, 5.41) is 0. The highest BCUT2D eigenvalue weighted by Gasteiger charge is 2.34. The fourth-order valence-electron chi connectivity index (χ4n) is 4.37. The summed E-state index contributed by atoms with van der Waals surface area (Å²) in [6.45, 7) is 8.58. The highest BCUT2D eigenvalue weighted by molar-refractivity contribution is 9.10. The smallest absolute Gasteiger partial charge is 0.340 e. The van der Waals surface area contributed by atoms with Crippen LogP contribution in [0.3, 0.4) is 0 Å². The third kappa shape index (κ3) is 6.29. The molecular formula is C25H32BrNO5S. The quantitative estimate of drug-likeness (QED) is 0.401. The number of rotatable bonds is 8. The molecule has 3 atom stereocenters. The van der Waals surface area contributed by atoms with Crippen molar-refractivity contribution in [1.82, 2.24) is 0 Å². The summed E-state index contributed by atoms with van der Waals surface area (Å²) >= 11 is 3.32. The average Bonchev–Trinajstić information content (AvgIpc) is 2.75. The van der Waals surface area contributed by atoms with E-state index in [-0.39, 0.29) is 28.0 Å². The van der Waals surface area contributed by atoms with E-state index in [2.05, 4.69) is 41.4 Å². The van der Waals surface area contributed by atoms with Gasteiger partial charge in [-0.15, -0.1) is 0 Å². The largest absolute Gasteiger partial charge is 0.492 e. The summed E-state index contributed by atoms with van der Waals surface area (Å²) < 4.78 is 41.1. The van der Waals surface area contributed by atoms with Gasteiger partial charge in [-0.2, -0.15) is 0 Å². The minimum Gasteiger partial charge on any atom is -0.492 e. The van der Waals surface area contributed by atoms with Crippen molar-refractivity contribution in [2.45, 2.75) is 58.0 Å². The molecule has 1 aliphatic rings. The molecule has 3 rings (SSSR count). The molecule has 0 aromatic heterocycles. The zero-order valence-corrected chi connectivity index (χ0v) is 21.9. The molecule has 1 fully saturated rings. The van der Waals surface area contributed by atoms with Gasteiger partial charge in [0, 0.05) is 4.47 Å². The van der Waals surface area contributed by atoms with Crippen molar-refractivity contribution in [3.05, 3.63) is 52.5 Å². The van der Waals surface area contributed by atoms with E-state index in [0.29, 0.717) is 28.8 Å². The number of sulfonamides is 1. The van der Waals surface area contributed by atoms with Crippen molar-refractivity contribution in [3.8, 4) is 5.75 Å². The molecule has 0 radical (unpaired) electrons. The lowest BCUT2D eigenvalue weighted by atomic mass is 9.75. The number of carbonyl (C=O) groups is 1. The normalized spacial score (nSPS) is 21.0. The first-order valence-corrected chi connectivity index (χ1v) is 13.6. The number of halogens is 1. The molecule has 1 N–H and O–H groups in total. The van der Waals surface area contributed by atoms with Gasteiger partial charge < -0.3 is 9.47 Å². The Morgan fingerprint density at radius 2 is 1.91 bits per heavy atom. The van der Waals surface area contributed by atoms with Gasteiger partial charge in [0.15, 0.2) is 0 Å². The van der Waals surface area contributed by atoms with Crippen molar-refractivity contribution < 1.29 is 22.7 Å². The van der Waals surface area contributed by atoms with Crippen LogP contribution in [-0.2, 0) is 14.8 Å². The molecule has 0 amide bonds. The molecule has 1 aliphatic carbocycles. The van der Waals surface area contributed by atoms with Crippen molar-refractivity contribution in [2.24, 2.45) is 17.8 Å². The van der Waals surface area contributed by atoms with E-state index in [1.54, 1.807) is 43.3 Å². The molecule has 0 unspecified atom stereocenters. The minimum atomic E-state index is -4.02. The topological polar surface area (TPSA) is 81.7 Å². The van der Waals surface area contributed by atoms with Crippen LogP contribution in [0.4, 0.5) is 5.69 Å². The molecule has 0 saturated heterocycles. The van der Waals surface area contributed by atoms with Crippen LogP contribution in [0.25, 0.3) is 0 Å². The number of hydrogen-bond acceptors (Lipinski definition) is 5. The van der Waals surface area contributed by atoms with Gasteiger partial charge in [-0.25, -0.2) is 13.2 Å². The monoisotopic (exact) mass is 537 g/mol. The van der Waals surface area contributed by atoms with Crippen LogP contribution in [0.2, 0.25) is 0 Å². The van der Waals surface area contributed by atoms with Crippen LogP contribution >= 0.6 is 15.9 Å². The zero-order valence-electron chi connectivity index (χ0n) is 19.5. The van der Waals surface area contributed by atoms with Gasteiger partial charge in [0.05, 0.1) is 17.9 Å². The molecule has 0 heterocycles. The molecule has 0 aliphatic heterocycles. The van der Waals surface area contributed by atoms with E-state index >= 15 is 0 Å². The Kier molecular flexibility index (Phi) is 8.45. The fraction of sp³-hybridized carbons (Fsp3) is 0.480. The summed E-state index contributed by atoms with van der Waals surface area (Å²) in [6, 6.07) is 11.3. The first kappa shape index (κ1) is 25.6. The Bertz CT molecular complexity index is 1090. The second-order valence-corrected chi connectivity index (χ2v) is 11.5. The van der Waals surface area contributed by atoms with Crippen molar-refractivity contribution >= 4 is 37.6 Å². The van der Waals surface area contributed by atoms with Crippen LogP contribution in [0.5, 0.6) is 5.75 Å². The molecule has 6 nitrogen and oxygen atoms in total. The predicted molar refractivity (Wildman–Crippen MR) is 133 cm³/mol. The molecule has 0 bridgehead atoms. The third-order valence-corrected chi connectivity index (χ3v) is 7.99. The Morgan fingerprint density at radius 3 is 2.61 bits per heavy atom. The van der Waals surface area contributed by atoms with Gasteiger partial charge in [0.25, 0.3) is 10.0 Å². The van der Waals surface area contributed by atoms with E-state index in [1.807, 2.05) is 0 Å². The maximum atomic E-state index is 13.2. The van der Waals surface area contributed by atoms with Gasteiger partial charge in [-0.1, -0.05) is 55.3 Å². The lowest BCUT2D eigenvalue weighted by Gasteiger charge is -2.36. The van der Waals surface area contributed by atoms with Crippen molar-refractivity contribution in [3.63, 3.8) is 0 Å². The van der Waals surface area contributed by atoms with Crippen LogP contribution in [0.15, 0.2) is 51.8 Å². The van der Waals surface area contributed by atoms with Gasteiger partial charge >= 0.3 is 5.97 Å². The highest BCUT2D eigenvalue weighted by Crippen LogP contribution is 2.36. The van der Waals surface area contributed by atoms with Crippen LogP contribution in [-0.4, -0.2) is 27.1 Å². The molecule has 1 saturated carbocycles. The number of esters is 1. The zero-order chi connectivity index (χ0) is 24.2. The van der Waals surface area contributed by atoms with Crippen molar-refractivity contribution in [1.29, 1.82) is 0 Å². The van der Waals surface area contributed by atoms with Gasteiger partial charge in [-0.3, -0.25) is 4.72 Å². The molecule has 2 aromatic carbocycles. The number of nitrogens with one attached hydrogen (secondary N) is 1. The Morgan fingerprint density at radius 1 is 1.18 bits per heavy atom. The maximum Gasteiger partial charge on any atom is 0.340 e. The number of ether oxygens (including phenoxy) is 2. The molecule has 33 heavy (non-hydrogen) atoms. The predicted octanol–water partition coefficient (Wildman–Crippen LogP) is 6.27. The third-order valence-electron chi connectivity index (χ3n) is 6.11. The standard InChI is InChI=1S/C25H32BrNO5S/c1-5-31-22-13-11-18(26)15-24(22)33(29,30)27-21-9-7-6-8-20(21)25(28)32-23-14-17(4)10-12-19(23)16(2)3/h6-9,11,13,15-17,19,23,27H,5,10,12,14H2,1-4H3/t17-,19+,23-/m0/s1. The molecule has 2 aromatic rings. The number of anilines is 1. The second kappa shape index (κ2) is 10.9. The minimum absolute atomic E-state index is 0.0112. The van der Waals surface area contributed by atoms with Crippen LogP contribution in [0.1, 0.15) is 57.3 Å². The lowest BCUT2D eigenvalue weighted by Crippen LogP contribution is -2.36. The molecule has 180 valence electrons. The van der Waals surface area contributed by atoms with Gasteiger partial charge in [0.2, 0.25) is 0 Å². The molecule has 8 heteroatoms. The van der Waals surface area contributed by atoms with Crippen LogP contribution in [0, 0.1) is 17.8 Å². The lowest BCUT2D eigenvalue weighted by molar-refractivity contribution is -0.0173. The number of benzene rings is 2. The number of para-hydroxylation sites is 1. The first-order chi connectivity index (χ1) is 15.6. The second-order valence-electron chi connectivity index (χ2n) is 8.95. The highest BCUT2D eigenvalue weighted by atomic mass is 79.9. The van der Waals surface area contributed by atoms with E-state index in [9.17, 15) is 13.2 Å². The summed E-state index contributed by atoms with van der Waals surface area (Å²) in [7, 11) is -4.02. The SMILES string of the molecule is CCOc1ccc(Br)cc1S(=O)(=O)Nc1ccccc1C(=O)O[C@H]1C[C@@H](C)CC[C@@H]1C(C)C. The fourth-order valence-corrected chi connectivity index (χ4v) is 6.13. The van der Waals surface area contributed by atoms with Gasteiger partial charge in [-0.05, 0) is 67.9 Å². The molecule has 0 spiro atoms.